The highest BCUT2D eigenvalue weighted by molar-refractivity contribution is 5.90. The van der Waals surface area contributed by atoms with Gasteiger partial charge in [0, 0.05) is 12.8 Å². The van der Waals surface area contributed by atoms with Crippen molar-refractivity contribution < 1.29 is 20.2 Å². The molecule has 0 spiro atoms. The number of aliphatic carboxylic acids is 1. The van der Waals surface area contributed by atoms with Crippen LogP contribution in [0.1, 0.15) is 70.2 Å². The van der Waals surface area contributed by atoms with Crippen molar-refractivity contribution in [3.63, 3.8) is 0 Å². The molecule has 0 saturated heterocycles. The van der Waals surface area contributed by atoms with Crippen LogP contribution in [-0.4, -0.2) is 16.9 Å². The SMILES string of the molecule is [2H]/C(C/C=C/C=C/C(=O)CCCC(=O)O)=C(/[2H])C/C([2H])=C(\[2H])CCCCC. The van der Waals surface area contributed by atoms with Crippen molar-refractivity contribution in [1.82, 2.24) is 0 Å². The maximum absolute atomic E-state index is 11.5. The van der Waals surface area contributed by atoms with Gasteiger partial charge in [-0.05, 0) is 38.2 Å². The van der Waals surface area contributed by atoms with Gasteiger partial charge in [-0.25, -0.2) is 0 Å². The summed E-state index contributed by atoms with van der Waals surface area (Å²) in [6.45, 7) is 2.07. The van der Waals surface area contributed by atoms with Gasteiger partial charge in [0.05, 0.1) is 5.48 Å². The fraction of sp³-hybridized carbons (Fsp3) is 0.500. The molecule has 0 aromatic heterocycles. The van der Waals surface area contributed by atoms with Crippen molar-refractivity contribution in [2.45, 2.75) is 64.7 Å². The topological polar surface area (TPSA) is 54.4 Å². The lowest BCUT2D eigenvalue weighted by Crippen LogP contribution is -1.97. The van der Waals surface area contributed by atoms with Crippen LogP contribution in [0, 0.1) is 0 Å². The summed E-state index contributed by atoms with van der Waals surface area (Å²) in [4.78, 5) is 21.8. The second-order valence-corrected chi connectivity index (χ2v) is 5.05. The van der Waals surface area contributed by atoms with Crippen LogP contribution in [-0.2, 0) is 9.59 Å². The van der Waals surface area contributed by atoms with Crippen molar-refractivity contribution in [3.8, 4) is 0 Å². The van der Waals surface area contributed by atoms with Crippen molar-refractivity contribution >= 4 is 11.8 Å². The number of ketones is 1. The van der Waals surface area contributed by atoms with E-state index in [1.165, 1.54) is 12.2 Å². The Hall–Kier alpha value is -1.90. The average molecular weight is 322 g/mol. The molecule has 0 unspecified atom stereocenters. The Morgan fingerprint density at radius 1 is 0.957 bits per heavy atom. The highest BCUT2D eigenvalue weighted by Gasteiger charge is 1.99. The van der Waals surface area contributed by atoms with Gasteiger partial charge in [0.2, 0.25) is 0 Å². The molecule has 0 heterocycles. The molecule has 3 heteroatoms. The third kappa shape index (κ3) is 18.1. The second-order valence-electron chi connectivity index (χ2n) is 5.05. The van der Waals surface area contributed by atoms with Crippen molar-refractivity contribution in [1.29, 1.82) is 0 Å². The second kappa shape index (κ2) is 16.5. The van der Waals surface area contributed by atoms with Crippen LogP contribution in [0.15, 0.2) is 48.5 Å². The minimum absolute atomic E-state index is 0.00443. The number of unbranched alkanes of at least 4 members (excludes halogenated alkanes) is 2. The first-order valence-corrected chi connectivity index (χ1v) is 8.16. The van der Waals surface area contributed by atoms with Gasteiger partial charge in [-0.15, -0.1) is 0 Å². The molecule has 1 N–H and O–H groups in total. The predicted molar refractivity (Wildman–Crippen MR) is 96.4 cm³/mol. The summed E-state index contributed by atoms with van der Waals surface area (Å²) < 4.78 is 31.4. The molecule has 0 fully saturated rings. The van der Waals surface area contributed by atoms with Crippen LogP contribution >= 0.6 is 0 Å². The van der Waals surface area contributed by atoms with Crippen LogP contribution < -0.4 is 0 Å². The molecule has 0 atom stereocenters. The molecule has 0 aliphatic heterocycles. The normalized spacial score (nSPS) is 16.4. The smallest absolute Gasteiger partial charge is 0.303 e. The van der Waals surface area contributed by atoms with Crippen molar-refractivity contribution in [3.05, 3.63) is 48.5 Å². The summed E-state index contributed by atoms with van der Waals surface area (Å²) in [7, 11) is 0. The first kappa shape index (κ1) is 14.7. The van der Waals surface area contributed by atoms with E-state index in [0.717, 1.165) is 19.3 Å². The minimum Gasteiger partial charge on any atom is -0.481 e. The number of hydrogen-bond donors (Lipinski definition) is 1. The standard InChI is InChI=1S/C20H30O3/c1-2-3-4-5-6-7-8-9-10-11-12-13-14-16-19(21)17-15-18-20(22)23/h6-7,9-10,12-14,16H,2-5,8,11,15,17-18H2,1H3,(H,22,23)/b7-6+,10-9+,13-12+,16-14+/i6D,7D,9D,10D. The van der Waals surface area contributed by atoms with E-state index in [9.17, 15) is 9.59 Å². The third-order valence-corrected chi connectivity index (χ3v) is 2.90. The van der Waals surface area contributed by atoms with Gasteiger partial charge in [-0.1, -0.05) is 62.2 Å². The van der Waals surface area contributed by atoms with E-state index in [1.807, 2.05) is 0 Å². The number of hydrogen-bond acceptors (Lipinski definition) is 2. The molecule has 0 amide bonds. The van der Waals surface area contributed by atoms with Crippen LogP contribution in [0.5, 0.6) is 0 Å². The van der Waals surface area contributed by atoms with Crippen LogP contribution in [0.4, 0.5) is 0 Å². The van der Waals surface area contributed by atoms with Crippen LogP contribution in [0.2, 0.25) is 0 Å². The molecule has 0 saturated carbocycles. The molecule has 0 aliphatic carbocycles. The van der Waals surface area contributed by atoms with Crippen LogP contribution in [0.3, 0.4) is 0 Å². The number of carbonyl (C=O) groups is 2. The summed E-state index contributed by atoms with van der Waals surface area (Å²) in [5.41, 5.74) is 0. The van der Waals surface area contributed by atoms with Gasteiger partial charge in [-0.2, -0.15) is 0 Å². The highest BCUT2D eigenvalue weighted by atomic mass is 16.4. The molecule has 0 aromatic carbocycles. The maximum Gasteiger partial charge on any atom is 0.303 e. The lowest BCUT2D eigenvalue weighted by atomic mass is 10.1. The summed E-state index contributed by atoms with van der Waals surface area (Å²) in [6.07, 6.45) is 10.3. The summed E-state index contributed by atoms with van der Waals surface area (Å²) >= 11 is 0. The van der Waals surface area contributed by atoms with Crippen LogP contribution in [0.25, 0.3) is 0 Å². The summed E-state index contributed by atoms with van der Waals surface area (Å²) in [5, 5.41) is 8.50. The van der Waals surface area contributed by atoms with E-state index >= 15 is 0 Å². The zero-order chi connectivity index (χ0) is 20.7. The van der Waals surface area contributed by atoms with E-state index in [1.54, 1.807) is 12.2 Å². The summed E-state index contributed by atoms with van der Waals surface area (Å²) in [5.74, 6) is -1.07. The molecule has 3 nitrogen and oxygen atoms in total. The van der Waals surface area contributed by atoms with Gasteiger partial charge in [0.25, 0.3) is 0 Å². The van der Waals surface area contributed by atoms with E-state index in [0.29, 0.717) is 12.8 Å². The number of allylic oxidation sites excluding steroid dienone is 8. The molecule has 0 radical (unpaired) electrons. The third-order valence-electron chi connectivity index (χ3n) is 2.90. The molecular formula is C20H30O3. The molecule has 0 rings (SSSR count). The zero-order valence-electron chi connectivity index (χ0n) is 17.9. The zero-order valence-corrected chi connectivity index (χ0v) is 13.9. The van der Waals surface area contributed by atoms with Gasteiger partial charge >= 0.3 is 5.97 Å². The lowest BCUT2D eigenvalue weighted by Gasteiger charge is -1.92. The molecule has 0 aliphatic rings. The first-order chi connectivity index (χ1) is 12.8. The molecule has 0 bridgehead atoms. The van der Waals surface area contributed by atoms with E-state index < -0.39 is 5.97 Å². The van der Waals surface area contributed by atoms with Gasteiger partial charge < -0.3 is 5.11 Å². The fourth-order valence-electron chi connectivity index (χ4n) is 1.66. The minimum atomic E-state index is -0.920. The average Bonchev–Trinajstić information content (AvgIpc) is 2.60. The Labute approximate surface area is 146 Å². The Morgan fingerprint density at radius 2 is 1.70 bits per heavy atom. The predicted octanol–water partition coefficient (Wildman–Crippen LogP) is 5.40. The molecule has 128 valence electrons. The van der Waals surface area contributed by atoms with Gasteiger partial charge in [-0.3, -0.25) is 9.59 Å². The van der Waals surface area contributed by atoms with Crippen molar-refractivity contribution in [2.24, 2.45) is 0 Å². The van der Waals surface area contributed by atoms with Gasteiger partial charge in [0.1, 0.15) is 0 Å². The monoisotopic (exact) mass is 322 g/mol. The maximum atomic E-state index is 11.5. The van der Waals surface area contributed by atoms with E-state index in [4.69, 9.17) is 10.6 Å². The van der Waals surface area contributed by atoms with E-state index in [2.05, 4.69) is 6.92 Å². The van der Waals surface area contributed by atoms with Gasteiger partial charge in [0.15, 0.2) is 5.78 Å². The molecular weight excluding hydrogens is 288 g/mol. The fourth-order valence-corrected chi connectivity index (χ4v) is 1.66. The number of carboxylic acids is 1. The Morgan fingerprint density at radius 3 is 2.43 bits per heavy atom. The van der Waals surface area contributed by atoms with E-state index in [-0.39, 0.29) is 55.7 Å². The number of carboxylic acid groups (broad SMARTS) is 1. The lowest BCUT2D eigenvalue weighted by molar-refractivity contribution is -0.137. The van der Waals surface area contributed by atoms with Crippen molar-refractivity contribution in [2.75, 3.05) is 0 Å². The first-order valence-electron chi connectivity index (χ1n) is 10.2. The Kier molecular flexibility index (Phi) is 10.5. The highest BCUT2D eigenvalue weighted by Crippen LogP contribution is 2.01. The Bertz CT molecular complexity index is 604. The molecule has 23 heavy (non-hydrogen) atoms. The number of carbonyl (C=O) groups excluding carboxylic acids is 1. The number of rotatable bonds is 14. The largest absolute Gasteiger partial charge is 0.481 e. The summed E-state index contributed by atoms with van der Waals surface area (Å²) in [6, 6.07) is 0.440. The Balaban J connectivity index is 4.39. The molecule has 0 aromatic rings. The quantitative estimate of drug-likeness (QED) is 0.202.